The Morgan fingerprint density at radius 2 is 1.90 bits per heavy atom. The van der Waals surface area contributed by atoms with Gasteiger partial charge in [-0.25, -0.2) is 9.37 Å². The number of rotatable bonds is 4. The van der Waals surface area contributed by atoms with Crippen LogP contribution in [0.15, 0.2) is 42.5 Å². The molecule has 0 aliphatic rings. The molecular weight excluding hydrogens is 283 g/mol. The molecule has 0 amide bonds. The van der Waals surface area contributed by atoms with Crippen molar-refractivity contribution in [2.45, 2.75) is 26.3 Å². The van der Waals surface area contributed by atoms with Crippen LogP contribution in [-0.4, -0.2) is 4.98 Å². The molecule has 3 aromatic rings. The summed E-state index contributed by atoms with van der Waals surface area (Å²) in [6, 6.07) is 13.3. The van der Waals surface area contributed by atoms with Gasteiger partial charge in [-0.2, -0.15) is 0 Å². The van der Waals surface area contributed by atoms with Crippen molar-refractivity contribution in [2.24, 2.45) is 0 Å². The van der Waals surface area contributed by atoms with Gasteiger partial charge in [0.05, 0.1) is 10.2 Å². The summed E-state index contributed by atoms with van der Waals surface area (Å²) < 4.78 is 14.1. The molecule has 0 spiro atoms. The maximum atomic E-state index is 13.1. The van der Waals surface area contributed by atoms with Crippen LogP contribution in [0, 0.1) is 5.82 Å². The fourth-order valence-corrected chi connectivity index (χ4v) is 3.02. The molecule has 0 bridgehead atoms. The number of nitrogens with zero attached hydrogens (tertiary/aromatic N) is 1. The topological polar surface area (TPSA) is 24.9 Å². The van der Waals surface area contributed by atoms with Gasteiger partial charge < -0.3 is 5.32 Å². The summed E-state index contributed by atoms with van der Waals surface area (Å²) in [5.74, 6) is 0.301. The number of hydrogen-bond acceptors (Lipinski definition) is 3. The second-order valence-corrected chi connectivity index (χ2v) is 6.41. The number of aromatic nitrogens is 1. The molecule has 1 N–H and O–H groups in total. The van der Waals surface area contributed by atoms with Gasteiger partial charge in [0.15, 0.2) is 5.13 Å². The molecule has 2 nitrogen and oxygen atoms in total. The maximum absolute atomic E-state index is 13.1. The van der Waals surface area contributed by atoms with Gasteiger partial charge in [0.2, 0.25) is 0 Å². The second kappa shape index (κ2) is 5.82. The number of anilines is 1. The smallest absolute Gasteiger partial charge is 0.184 e. The molecule has 2 aromatic carbocycles. The van der Waals surface area contributed by atoms with Crippen molar-refractivity contribution in [2.75, 3.05) is 5.32 Å². The van der Waals surface area contributed by atoms with Crippen LogP contribution in [0.3, 0.4) is 0 Å². The molecule has 4 heteroatoms. The fraction of sp³-hybridized carbons (Fsp3) is 0.235. The molecule has 0 atom stereocenters. The summed E-state index contributed by atoms with van der Waals surface area (Å²) in [6.45, 7) is 5.10. The predicted octanol–water partition coefficient (Wildman–Crippen LogP) is 5.17. The molecule has 0 unspecified atom stereocenters. The van der Waals surface area contributed by atoms with E-state index >= 15 is 0 Å². The van der Waals surface area contributed by atoms with Crippen molar-refractivity contribution in [1.29, 1.82) is 0 Å². The number of thiazole rings is 1. The van der Waals surface area contributed by atoms with E-state index in [1.165, 1.54) is 23.3 Å². The minimum atomic E-state index is -0.247. The van der Waals surface area contributed by atoms with Crippen molar-refractivity contribution < 1.29 is 4.39 Å². The van der Waals surface area contributed by atoms with Gasteiger partial charge in [-0.05, 0) is 29.2 Å². The van der Waals surface area contributed by atoms with Crippen LogP contribution in [-0.2, 0) is 6.54 Å². The Morgan fingerprint density at radius 3 is 2.62 bits per heavy atom. The summed E-state index contributed by atoms with van der Waals surface area (Å²) in [6.07, 6.45) is 0. The van der Waals surface area contributed by atoms with E-state index in [4.69, 9.17) is 0 Å². The van der Waals surface area contributed by atoms with E-state index in [2.05, 4.69) is 48.4 Å². The molecule has 0 radical (unpaired) electrons. The summed E-state index contributed by atoms with van der Waals surface area (Å²) in [5, 5.41) is 4.13. The van der Waals surface area contributed by atoms with E-state index in [1.54, 1.807) is 17.4 Å². The lowest BCUT2D eigenvalue weighted by molar-refractivity contribution is 0.629. The standard InChI is InChI=1S/C17H17FN2S/c1-11(2)13-5-3-12(4-6-13)10-19-17-20-15-9-14(18)7-8-16(15)21-17/h3-9,11H,10H2,1-2H3,(H,19,20). The van der Waals surface area contributed by atoms with Crippen molar-refractivity contribution >= 4 is 26.7 Å². The first kappa shape index (κ1) is 14.0. The average Bonchev–Trinajstić information content (AvgIpc) is 2.87. The monoisotopic (exact) mass is 300 g/mol. The van der Waals surface area contributed by atoms with Crippen LogP contribution in [0.25, 0.3) is 10.2 Å². The van der Waals surface area contributed by atoms with Gasteiger partial charge in [-0.3, -0.25) is 0 Å². The Morgan fingerprint density at radius 1 is 1.14 bits per heavy atom. The lowest BCUT2D eigenvalue weighted by atomic mass is 10.0. The molecule has 0 aliphatic carbocycles. The Kier molecular flexibility index (Phi) is 3.88. The Hall–Kier alpha value is -1.94. The molecule has 108 valence electrons. The van der Waals surface area contributed by atoms with Crippen LogP contribution < -0.4 is 5.32 Å². The van der Waals surface area contributed by atoms with Crippen molar-refractivity contribution in [3.8, 4) is 0 Å². The third-order valence-corrected chi connectivity index (χ3v) is 4.43. The third-order valence-electron chi connectivity index (χ3n) is 3.44. The van der Waals surface area contributed by atoms with Crippen LogP contribution in [0.2, 0.25) is 0 Å². The number of nitrogens with one attached hydrogen (secondary N) is 1. The highest BCUT2D eigenvalue weighted by molar-refractivity contribution is 7.22. The number of fused-ring (bicyclic) bond motifs is 1. The minimum Gasteiger partial charge on any atom is -0.357 e. The molecule has 0 saturated carbocycles. The predicted molar refractivity (Wildman–Crippen MR) is 87.4 cm³/mol. The zero-order valence-corrected chi connectivity index (χ0v) is 12.9. The Balaban J connectivity index is 1.71. The van der Waals surface area contributed by atoms with E-state index in [1.807, 2.05) is 0 Å². The van der Waals surface area contributed by atoms with Gasteiger partial charge in [0, 0.05) is 12.6 Å². The van der Waals surface area contributed by atoms with Crippen LogP contribution in [0.1, 0.15) is 30.9 Å². The van der Waals surface area contributed by atoms with Crippen molar-refractivity contribution in [3.63, 3.8) is 0 Å². The first-order chi connectivity index (χ1) is 10.1. The lowest BCUT2D eigenvalue weighted by Crippen LogP contribution is -1.99. The molecule has 0 fully saturated rings. The summed E-state index contributed by atoms with van der Waals surface area (Å²) in [5.41, 5.74) is 3.26. The largest absolute Gasteiger partial charge is 0.357 e. The average molecular weight is 300 g/mol. The minimum absolute atomic E-state index is 0.247. The van der Waals surface area contributed by atoms with Gasteiger partial charge in [0.1, 0.15) is 5.82 Å². The summed E-state index contributed by atoms with van der Waals surface area (Å²) in [4.78, 5) is 4.40. The zero-order valence-electron chi connectivity index (χ0n) is 12.1. The summed E-state index contributed by atoms with van der Waals surface area (Å²) in [7, 11) is 0. The number of hydrogen-bond donors (Lipinski definition) is 1. The van der Waals surface area contributed by atoms with E-state index in [-0.39, 0.29) is 5.82 Å². The normalized spacial score (nSPS) is 11.2. The summed E-state index contributed by atoms with van der Waals surface area (Å²) >= 11 is 1.54. The van der Waals surface area contributed by atoms with Crippen molar-refractivity contribution in [3.05, 3.63) is 59.4 Å². The highest BCUT2D eigenvalue weighted by Crippen LogP contribution is 2.26. The van der Waals surface area contributed by atoms with Crippen LogP contribution in [0.4, 0.5) is 9.52 Å². The Bertz CT molecular complexity index is 747. The van der Waals surface area contributed by atoms with Crippen LogP contribution >= 0.6 is 11.3 Å². The fourth-order valence-electron chi connectivity index (χ4n) is 2.17. The Labute approximate surface area is 127 Å². The van der Waals surface area contributed by atoms with Gasteiger partial charge in [0.25, 0.3) is 0 Å². The molecular formula is C17H17FN2S. The lowest BCUT2D eigenvalue weighted by Gasteiger charge is -2.07. The second-order valence-electron chi connectivity index (χ2n) is 5.38. The molecule has 0 saturated heterocycles. The quantitative estimate of drug-likeness (QED) is 0.719. The SMILES string of the molecule is CC(C)c1ccc(CNc2nc3cc(F)ccc3s2)cc1. The van der Waals surface area contributed by atoms with E-state index in [0.29, 0.717) is 11.4 Å². The highest BCUT2D eigenvalue weighted by atomic mass is 32.1. The number of halogens is 1. The van der Waals surface area contributed by atoms with Gasteiger partial charge >= 0.3 is 0 Å². The molecule has 3 rings (SSSR count). The molecule has 0 aliphatic heterocycles. The molecule has 1 heterocycles. The van der Waals surface area contributed by atoms with Crippen LogP contribution in [0.5, 0.6) is 0 Å². The first-order valence-corrected chi connectivity index (χ1v) is 7.82. The van der Waals surface area contributed by atoms with Gasteiger partial charge in [-0.15, -0.1) is 0 Å². The molecule has 21 heavy (non-hydrogen) atoms. The zero-order chi connectivity index (χ0) is 14.8. The molecule has 1 aromatic heterocycles. The van der Waals surface area contributed by atoms with Gasteiger partial charge in [-0.1, -0.05) is 49.4 Å². The first-order valence-electron chi connectivity index (χ1n) is 7.00. The van der Waals surface area contributed by atoms with E-state index in [0.717, 1.165) is 16.4 Å². The van der Waals surface area contributed by atoms with E-state index < -0.39 is 0 Å². The number of benzene rings is 2. The third kappa shape index (κ3) is 3.22. The van der Waals surface area contributed by atoms with E-state index in [9.17, 15) is 4.39 Å². The maximum Gasteiger partial charge on any atom is 0.184 e. The van der Waals surface area contributed by atoms with Crippen molar-refractivity contribution in [1.82, 2.24) is 4.98 Å². The highest BCUT2D eigenvalue weighted by Gasteiger charge is 2.05.